The number of aromatic amines is 1. The van der Waals surface area contributed by atoms with Crippen molar-refractivity contribution in [2.24, 2.45) is 0 Å². The van der Waals surface area contributed by atoms with Gasteiger partial charge in [-0.3, -0.25) is 0 Å². The summed E-state index contributed by atoms with van der Waals surface area (Å²) in [7, 11) is 0. The third-order valence-corrected chi connectivity index (χ3v) is 2.19. The Bertz CT molecular complexity index is 518. The molecule has 3 nitrogen and oxygen atoms in total. The molecule has 3 heteroatoms. The lowest BCUT2D eigenvalue weighted by atomic mass is 10.2. The molecule has 2 aromatic heterocycles. The maximum Gasteiger partial charge on any atom is 0.161 e. The summed E-state index contributed by atoms with van der Waals surface area (Å²) in [6.45, 7) is 0. The van der Waals surface area contributed by atoms with Crippen molar-refractivity contribution < 1.29 is 0 Å². The number of aromatic nitrogens is 3. The van der Waals surface area contributed by atoms with Gasteiger partial charge in [-0.15, -0.1) is 5.10 Å². The van der Waals surface area contributed by atoms with Gasteiger partial charge in [-0.25, -0.2) is 0 Å². The molecular weight excluding hydrogens is 162 g/mol. The van der Waals surface area contributed by atoms with E-state index in [-0.39, 0.29) is 0 Å². The third kappa shape index (κ3) is 0.839. The first-order chi connectivity index (χ1) is 6.45. The highest BCUT2D eigenvalue weighted by Crippen LogP contribution is 2.22. The zero-order chi connectivity index (χ0) is 8.67. The van der Waals surface area contributed by atoms with E-state index in [1.807, 2.05) is 24.3 Å². The average molecular weight is 169 g/mol. The topological polar surface area (TPSA) is 41.6 Å². The number of benzene rings is 1. The van der Waals surface area contributed by atoms with Crippen LogP contribution in [0.5, 0.6) is 0 Å². The maximum atomic E-state index is 4.01. The Hall–Kier alpha value is -1.90. The standard InChI is InChI=1S/C10H7N3/c1-2-4-9-7(3-1)8-5-6-11-13-10(8)12-9/h1-6H,(H,12,13). The molecule has 2 heterocycles. The first-order valence-corrected chi connectivity index (χ1v) is 4.13. The molecule has 0 spiro atoms. The summed E-state index contributed by atoms with van der Waals surface area (Å²) in [5.74, 6) is 0. The van der Waals surface area contributed by atoms with Gasteiger partial charge in [0.1, 0.15) is 0 Å². The van der Waals surface area contributed by atoms with Gasteiger partial charge < -0.3 is 4.98 Å². The molecule has 0 aliphatic heterocycles. The van der Waals surface area contributed by atoms with Gasteiger partial charge in [0.05, 0.1) is 6.20 Å². The van der Waals surface area contributed by atoms with E-state index in [2.05, 4.69) is 21.2 Å². The Labute approximate surface area is 74.4 Å². The Balaban J connectivity index is 2.64. The molecule has 0 bridgehead atoms. The Morgan fingerprint density at radius 2 is 1.92 bits per heavy atom. The molecule has 0 saturated heterocycles. The lowest BCUT2D eigenvalue weighted by Crippen LogP contribution is -1.78. The minimum atomic E-state index is 0.851. The summed E-state index contributed by atoms with van der Waals surface area (Å²) < 4.78 is 0. The molecule has 1 aromatic carbocycles. The summed E-state index contributed by atoms with van der Waals surface area (Å²) in [4.78, 5) is 3.20. The Morgan fingerprint density at radius 1 is 1.00 bits per heavy atom. The molecule has 0 amide bonds. The highest BCUT2D eigenvalue weighted by atomic mass is 15.1. The maximum absolute atomic E-state index is 4.01. The predicted octanol–water partition coefficient (Wildman–Crippen LogP) is 2.11. The normalized spacial score (nSPS) is 11.1. The van der Waals surface area contributed by atoms with Gasteiger partial charge in [0.2, 0.25) is 0 Å². The summed E-state index contributed by atoms with van der Waals surface area (Å²) in [5.41, 5.74) is 1.96. The van der Waals surface area contributed by atoms with Crippen LogP contribution >= 0.6 is 0 Å². The molecule has 3 aromatic rings. The van der Waals surface area contributed by atoms with Crippen molar-refractivity contribution in [3.8, 4) is 0 Å². The molecule has 3 rings (SSSR count). The van der Waals surface area contributed by atoms with Crippen LogP contribution in [0.2, 0.25) is 0 Å². The zero-order valence-electron chi connectivity index (χ0n) is 6.86. The molecule has 13 heavy (non-hydrogen) atoms. The number of para-hydroxylation sites is 1. The van der Waals surface area contributed by atoms with Gasteiger partial charge in [0, 0.05) is 16.3 Å². The van der Waals surface area contributed by atoms with Crippen LogP contribution < -0.4 is 0 Å². The molecular formula is C10H7N3. The summed E-state index contributed by atoms with van der Waals surface area (Å²) in [6.07, 6.45) is 1.71. The van der Waals surface area contributed by atoms with E-state index in [1.165, 1.54) is 5.39 Å². The second kappa shape index (κ2) is 2.29. The summed E-state index contributed by atoms with van der Waals surface area (Å²) in [6, 6.07) is 10.1. The minimum Gasteiger partial charge on any atom is -0.338 e. The lowest BCUT2D eigenvalue weighted by Gasteiger charge is -1.86. The molecule has 0 radical (unpaired) electrons. The van der Waals surface area contributed by atoms with Crippen molar-refractivity contribution in [2.75, 3.05) is 0 Å². The first kappa shape index (κ1) is 6.60. The van der Waals surface area contributed by atoms with Crippen LogP contribution in [0.15, 0.2) is 36.5 Å². The van der Waals surface area contributed by atoms with E-state index in [9.17, 15) is 0 Å². The largest absolute Gasteiger partial charge is 0.338 e. The van der Waals surface area contributed by atoms with Crippen LogP contribution in [0.3, 0.4) is 0 Å². The fraction of sp³-hybridized carbons (Fsp3) is 0. The van der Waals surface area contributed by atoms with Crippen LogP contribution in [-0.2, 0) is 0 Å². The second-order valence-electron chi connectivity index (χ2n) is 2.96. The van der Waals surface area contributed by atoms with Gasteiger partial charge in [-0.2, -0.15) is 5.10 Å². The Kier molecular flexibility index (Phi) is 1.16. The second-order valence-corrected chi connectivity index (χ2v) is 2.96. The first-order valence-electron chi connectivity index (χ1n) is 4.13. The number of nitrogens with one attached hydrogen (secondary N) is 1. The monoisotopic (exact) mass is 169 g/mol. The van der Waals surface area contributed by atoms with Crippen LogP contribution in [0.25, 0.3) is 21.9 Å². The van der Waals surface area contributed by atoms with Crippen LogP contribution in [-0.4, -0.2) is 15.2 Å². The highest BCUT2D eigenvalue weighted by molar-refractivity contribution is 6.05. The molecule has 62 valence electrons. The summed E-state index contributed by atoms with van der Waals surface area (Å²) in [5, 5.41) is 10.2. The molecule has 0 unspecified atom stereocenters. The van der Waals surface area contributed by atoms with E-state index in [1.54, 1.807) is 6.20 Å². The van der Waals surface area contributed by atoms with E-state index in [0.717, 1.165) is 16.6 Å². The van der Waals surface area contributed by atoms with Crippen molar-refractivity contribution in [1.82, 2.24) is 15.2 Å². The smallest absolute Gasteiger partial charge is 0.161 e. The average Bonchev–Trinajstić information content (AvgIpc) is 2.56. The predicted molar refractivity (Wildman–Crippen MR) is 51.4 cm³/mol. The molecule has 1 N–H and O–H groups in total. The van der Waals surface area contributed by atoms with Crippen LogP contribution in [0, 0.1) is 0 Å². The van der Waals surface area contributed by atoms with Crippen molar-refractivity contribution in [2.45, 2.75) is 0 Å². The lowest BCUT2D eigenvalue weighted by molar-refractivity contribution is 1.06. The SMILES string of the molecule is c1ccc2c(c1)[nH]c1nnccc12. The number of fused-ring (bicyclic) bond motifs is 3. The third-order valence-electron chi connectivity index (χ3n) is 2.19. The highest BCUT2D eigenvalue weighted by Gasteiger charge is 2.02. The number of hydrogen-bond donors (Lipinski definition) is 1. The van der Waals surface area contributed by atoms with E-state index >= 15 is 0 Å². The molecule has 0 saturated carbocycles. The van der Waals surface area contributed by atoms with E-state index < -0.39 is 0 Å². The van der Waals surface area contributed by atoms with Gasteiger partial charge in [0.15, 0.2) is 5.65 Å². The molecule has 0 aliphatic carbocycles. The van der Waals surface area contributed by atoms with Crippen molar-refractivity contribution in [3.05, 3.63) is 36.5 Å². The van der Waals surface area contributed by atoms with Gasteiger partial charge >= 0.3 is 0 Å². The van der Waals surface area contributed by atoms with Crippen LogP contribution in [0.4, 0.5) is 0 Å². The number of H-pyrrole nitrogens is 1. The number of rotatable bonds is 0. The summed E-state index contributed by atoms with van der Waals surface area (Å²) >= 11 is 0. The molecule has 0 atom stereocenters. The van der Waals surface area contributed by atoms with Gasteiger partial charge in [-0.05, 0) is 12.1 Å². The fourth-order valence-corrected chi connectivity index (χ4v) is 1.60. The van der Waals surface area contributed by atoms with E-state index in [4.69, 9.17) is 0 Å². The number of nitrogens with zero attached hydrogens (tertiary/aromatic N) is 2. The number of hydrogen-bond acceptors (Lipinski definition) is 2. The van der Waals surface area contributed by atoms with Crippen molar-refractivity contribution >= 4 is 21.9 Å². The van der Waals surface area contributed by atoms with Crippen molar-refractivity contribution in [3.63, 3.8) is 0 Å². The van der Waals surface area contributed by atoms with Crippen LogP contribution in [0.1, 0.15) is 0 Å². The fourth-order valence-electron chi connectivity index (χ4n) is 1.60. The zero-order valence-corrected chi connectivity index (χ0v) is 6.86. The minimum absolute atomic E-state index is 0.851. The molecule has 0 fully saturated rings. The Morgan fingerprint density at radius 3 is 2.92 bits per heavy atom. The van der Waals surface area contributed by atoms with Gasteiger partial charge in [0.25, 0.3) is 0 Å². The molecule has 0 aliphatic rings. The van der Waals surface area contributed by atoms with E-state index in [0.29, 0.717) is 0 Å². The van der Waals surface area contributed by atoms with Gasteiger partial charge in [-0.1, -0.05) is 18.2 Å². The quantitative estimate of drug-likeness (QED) is 0.560. The van der Waals surface area contributed by atoms with Crippen molar-refractivity contribution in [1.29, 1.82) is 0 Å².